The summed E-state index contributed by atoms with van der Waals surface area (Å²) in [6.07, 6.45) is -5.34. The van der Waals surface area contributed by atoms with Gasteiger partial charge >= 0.3 is 17.8 Å². The molecule has 1 aliphatic rings. The van der Waals surface area contributed by atoms with E-state index in [9.17, 15) is 22.8 Å². The average Bonchev–Trinajstić information content (AvgIpc) is 3.72. The molecular formula is C31H33F3O9. The van der Waals surface area contributed by atoms with Crippen LogP contribution >= 0.6 is 0 Å². The van der Waals surface area contributed by atoms with Crippen molar-refractivity contribution in [2.24, 2.45) is 5.92 Å². The van der Waals surface area contributed by atoms with Crippen LogP contribution in [-0.2, 0) is 24.6 Å². The van der Waals surface area contributed by atoms with Crippen LogP contribution in [0.3, 0.4) is 0 Å². The zero-order valence-electron chi connectivity index (χ0n) is 24.5. The van der Waals surface area contributed by atoms with Gasteiger partial charge in [-0.1, -0.05) is 48.9 Å². The fraction of sp³-hybridized carbons (Fsp3) is 0.419. The predicted octanol–water partition coefficient (Wildman–Crippen LogP) is 5.57. The van der Waals surface area contributed by atoms with E-state index in [4.69, 9.17) is 32.8 Å². The highest BCUT2D eigenvalue weighted by Crippen LogP contribution is 2.46. The van der Waals surface area contributed by atoms with Crippen molar-refractivity contribution in [3.8, 4) is 17.2 Å². The van der Waals surface area contributed by atoms with E-state index in [1.165, 1.54) is 44.6 Å². The van der Waals surface area contributed by atoms with E-state index in [2.05, 4.69) is 0 Å². The lowest BCUT2D eigenvalue weighted by molar-refractivity contribution is -0.279. The van der Waals surface area contributed by atoms with Crippen LogP contribution in [-0.4, -0.2) is 58.4 Å². The summed E-state index contributed by atoms with van der Waals surface area (Å²) < 4.78 is 82.4. The number of carbonyl (C=O) groups is 1. The Labute approximate surface area is 246 Å². The molecule has 232 valence electrons. The molecule has 1 aromatic heterocycles. The van der Waals surface area contributed by atoms with E-state index < -0.39 is 53.7 Å². The van der Waals surface area contributed by atoms with Gasteiger partial charge in [-0.05, 0) is 26.0 Å². The first-order valence-electron chi connectivity index (χ1n) is 13.4. The van der Waals surface area contributed by atoms with Crippen LogP contribution in [0.25, 0.3) is 11.0 Å². The van der Waals surface area contributed by atoms with E-state index in [-0.39, 0.29) is 28.9 Å². The van der Waals surface area contributed by atoms with Crippen molar-refractivity contribution >= 4 is 16.9 Å². The standard InChI is InChI=1S/C31H33F3O9/c1-17(2)14-22-25(41-22)18(3)23(42-29(36)30(39-6,31(32,33)34)20-10-8-7-9-11-20)16-40-27-21(37-4)15-19-12-13-24(35)43-26(19)28(27)38-5/h7-15,18,22-23,25H,16H2,1-6H3/t18-,22+,23+,25+,30+/m1/s1. The van der Waals surface area contributed by atoms with Gasteiger partial charge in [0.05, 0.1) is 20.3 Å². The Balaban J connectivity index is 1.73. The second-order valence-electron chi connectivity index (χ2n) is 10.3. The van der Waals surface area contributed by atoms with Gasteiger partial charge in [-0.15, -0.1) is 0 Å². The molecule has 3 aromatic rings. The number of alkyl halides is 3. The zero-order chi connectivity index (χ0) is 31.5. The number of esters is 1. The van der Waals surface area contributed by atoms with Crippen molar-refractivity contribution in [2.45, 2.75) is 50.9 Å². The summed E-state index contributed by atoms with van der Waals surface area (Å²) in [6, 6.07) is 10.8. The molecule has 4 rings (SSSR count). The topological polar surface area (TPSA) is 106 Å². The molecule has 0 radical (unpaired) electrons. The minimum atomic E-state index is -5.17. The number of ether oxygens (including phenoxy) is 6. The van der Waals surface area contributed by atoms with E-state index in [0.29, 0.717) is 5.39 Å². The van der Waals surface area contributed by atoms with Gasteiger partial charge < -0.3 is 32.8 Å². The van der Waals surface area contributed by atoms with Gasteiger partial charge in [0.25, 0.3) is 5.60 Å². The molecule has 0 saturated carbocycles. The molecule has 1 fully saturated rings. The molecule has 43 heavy (non-hydrogen) atoms. The molecule has 1 aliphatic heterocycles. The van der Waals surface area contributed by atoms with Crippen LogP contribution in [0.4, 0.5) is 13.2 Å². The monoisotopic (exact) mass is 606 g/mol. The summed E-state index contributed by atoms with van der Waals surface area (Å²) >= 11 is 0. The highest BCUT2D eigenvalue weighted by Gasteiger charge is 2.64. The minimum absolute atomic E-state index is 0.00505. The van der Waals surface area contributed by atoms with Gasteiger partial charge in [0.15, 0.2) is 11.3 Å². The lowest BCUT2D eigenvalue weighted by Crippen LogP contribution is -2.53. The molecular weight excluding hydrogens is 573 g/mol. The summed E-state index contributed by atoms with van der Waals surface area (Å²) in [4.78, 5) is 25.5. The highest BCUT2D eigenvalue weighted by atomic mass is 19.4. The molecule has 5 atom stereocenters. The lowest BCUT2D eigenvalue weighted by Gasteiger charge is -2.34. The molecule has 9 nitrogen and oxygen atoms in total. The van der Waals surface area contributed by atoms with Gasteiger partial charge in [-0.3, -0.25) is 0 Å². The van der Waals surface area contributed by atoms with Gasteiger partial charge in [0.2, 0.25) is 11.5 Å². The van der Waals surface area contributed by atoms with Crippen LogP contribution in [0.1, 0.15) is 26.3 Å². The molecule has 0 amide bonds. The number of halogens is 3. The van der Waals surface area contributed by atoms with Crippen molar-refractivity contribution < 1.29 is 50.8 Å². The van der Waals surface area contributed by atoms with Crippen LogP contribution in [0.5, 0.6) is 17.2 Å². The van der Waals surface area contributed by atoms with Crippen molar-refractivity contribution in [3.63, 3.8) is 0 Å². The Hall–Kier alpha value is -4.03. The number of carbonyl (C=O) groups excluding carboxylic acids is 1. The second-order valence-corrected chi connectivity index (χ2v) is 10.3. The van der Waals surface area contributed by atoms with Crippen LogP contribution in [0.15, 0.2) is 69.4 Å². The Morgan fingerprint density at radius 2 is 1.72 bits per heavy atom. The predicted molar refractivity (Wildman–Crippen MR) is 149 cm³/mol. The quantitative estimate of drug-likeness (QED) is 0.113. The molecule has 0 aliphatic carbocycles. The van der Waals surface area contributed by atoms with Gasteiger partial charge in [0, 0.05) is 30.0 Å². The fourth-order valence-electron chi connectivity index (χ4n) is 4.91. The van der Waals surface area contributed by atoms with Crippen molar-refractivity contribution in [3.05, 3.63) is 76.2 Å². The molecule has 0 N–H and O–H groups in total. The summed E-state index contributed by atoms with van der Waals surface area (Å²) in [5, 5.41) is 0.478. The number of fused-ring (bicyclic) bond motifs is 1. The number of allylic oxidation sites excluding steroid dienone is 1. The number of rotatable bonds is 12. The molecule has 1 saturated heterocycles. The number of epoxide rings is 1. The maximum Gasteiger partial charge on any atom is 0.432 e. The highest BCUT2D eigenvalue weighted by molar-refractivity contribution is 5.88. The number of hydrogen-bond donors (Lipinski definition) is 0. The number of hydrogen-bond acceptors (Lipinski definition) is 9. The van der Waals surface area contributed by atoms with Gasteiger partial charge in [-0.25, -0.2) is 9.59 Å². The maximum atomic E-state index is 14.6. The average molecular weight is 607 g/mol. The van der Waals surface area contributed by atoms with Crippen LogP contribution in [0.2, 0.25) is 0 Å². The van der Waals surface area contributed by atoms with Crippen LogP contribution < -0.4 is 19.8 Å². The first kappa shape index (κ1) is 31.9. The maximum absolute atomic E-state index is 14.6. The summed E-state index contributed by atoms with van der Waals surface area (Å²) in [6.45, 7) is 5.02. The van der Waals surface area contributed by atoms with E-state index in [0.717, 1.165) is 24.8 Å². The third-order valence-corrected chi connectivity index (χ3v) is 7.20. The van der Waals surface area contributed by atoms with Crippen molar-refractivity contribution in [1.82, 2.24) is 0 Å². The van der Waals surface area contributed by atoms with E-state index in [1.807, 2.05) is 19.9 Å². The van der Waals surface area contributed by atoms with Gasteiger partial charge in [-0.2, -0.15) is 13.2 Å². The third-order valence-electron chi connectivity index (χ3n) is 7.20. The SMILES string of the molecule is COc1cc2ccc(=O)oc2c(OC)c1OC[C@H](OC(=O)[C@@](OC)(c1ccccc1)C(F)(F)F)[C@@H](C)[C@@H]1O[C@H]1C=C(C)C. The normalized spacial score (nSPS) is 19.1. The van der Waals surface area contributed by atoms with Crippen LogP contribution in [0, 0.1) is 5.92 Å². The number of methoxy groups -OCH3 is 3. The first-order chi connectivity index (χ1) is 20.4. The largest absolute Gasteiger partial charge is 0.493 e. The van der Waals surface area contributed by atoms with E-state index in [1.54, 1.807) is 13.0 Å². The molecule has 2 heterocycles. The summed E-state index contributed by atoms with van der Waals surface area (Å²) in [5.41, 5.74) is -3.43. The van der Waals surface area contributed by atoms with Gasteiger partial charge in [0.1, 0.15) is 18.8 Å². The minimum Gasteiger partial charge on any atom is -0.493 e. The van der Waals surface area contributed by atoms with E-state index >= 15 is 0 Å². The molecule has 12 heteroatoms. The Morgan fingerprint density at radius 1 is 1.02 bits per heavy atom. The molecule has 0 unspecified atom stereocenters. The lowest BCUT2D eigenvalue weighted by atomic mass is 9.92. The Morgan fingerprint density at radius 3 is 2.30 bits per heavy atom. The first-order valence-corrected chi connectivity index (χ1v) is 13.4. The second kappa shape index (κ2) is 12.7. The molecule has 0 bridgehead atoms. The fourth-order valence-corrected chi connectivity index (χ4v) is 4.91. The molecule has 2 aromatic carbocycles. The summed E-state index contributed by atoms with van der Waals surface area (Å²) in [5.74, 6) is -2.10. The van der Waals surface area contributed by atoms with Crippen molar-refractivity contribution in [1.29, 1.82) is 0 Å². The zero-order valence-corrected chi connectivity index (χ0v) is 24.5. The Bertz CT molecular complexity index is 1530. The third kappa shape index (κ3) is 6.35. The Kier molecular flexibility index (Phi) is 9.41. The summed E-state index contributed by atoms with van der Waals surface area (Å²) in [7, 11) is 3.50. The van der Waals surface area contributed by atoms with Crippen molar-refractivity contribution in [2.75, 3.05) is 27.9 Å². The molecule has 0 spiro atoms. The number of benzene rings is 2. The smallest absolute Gasteiger partial charge is 0.432 e.